The van der Waals surface area contributed by atoms with Crippen LogP contribution in [0.3, 0.4) is 0 Å². The number of piperidine rings is 1. The molecule has 0 bridgehead atoms. The van der Waals surface area contributed by atoms with E-state index in [-0.39, 0.29) is 18.1 Å². The van der Waals surface area contributed by atoms with Gasteiger partial charge in [0.15, 0.2) is 5.75 Å². The molecule has 0 N–H and O–H groups in total. The molecule has 5 rings (SSSR count). The average molecular weight is 469 g/mol. The van der Waals surface area contributed by atoms with Gasteiger partial charge in [0, 0.05) is 32.2 Å². The summed E-state index contributed by atoms with van der Waals surface area (Å²) in [4.78, 5) is 24.9. The van der Waals surface area contributed by atoms with Crippen molar-refractivity contribution in [1.82, 2.24) is 14.9 Å². The number of ether oxygens (including phenoxy) is 2. The monoisotopic (exact) mass is 468 g/mol. The van der Waals surface area contributed by atoms with Gasteiger partial charge in [-0.15, -0.1) is 0 Å². The van der Waals surface area contributed by atoms with Crippen molar-refractivity contribution < 1.29 is 18.7 Å². The van der Waals surface area contributed by atoms with Crippen molar-refractivity contribution in [2.24, 2.45) is 17.8 Å². The highest BCUT2D eigenvalue weighted by atomic mass is 19.1. The number of halogens is 1. The SMILES string of the molecule is COc1cnc(N2CCC([C@H]3CC3CCOc3ccc(CC(=O)N4CCC4)c(F)c3)CC2)nc1. The number of amides is 1. The van der Waals surface area contributed by atoms with Gasteiger partial charge in [0.25, 0.3) is 0 Å². The third-order valence-electron chi connectivity index (χ3n) is 7.59. The predicted molar refractivity (Wildman–Crippen MR) is 127 cm³/mol. The van der Waals surface area contributed by atoms with Crippen molar-refractivity contribution in [1.29, 1.82) is 0 Å². The van der Waals surface area contributed by atoms with Crippen LogP contribution in [0.1, 0.15) is 37.7 Å². The highest BCUT2D eigenvalue weighted by Gasteiger charge is 2.43. The standard InChI is InChI=1S/C26H33FN4O3/c1-33-22-16-28-26(29-17-22)31-10-5-18(6-11-31)23-13-19(23)7-12-34-21-4-3-20(24(27)15-21)14-25(32)30-8-2-9-30/h3-4,15-19,23H,2,5-14H2,1H3/t19?,23-/m1/s1. The van der Waals surface area contributed by atoms with Gasteiger partial charge >= 0.3 is 0 Å². The summed E-state index contributed by atoms with van der Waals surface area (Å²) >= 11 is 0. The fraction of sp³-hybridized carbons (Fsp3) is 0.577. The predicted octanol–water partition coefficient (Wildman–Crippen LogP) is 3.72. The normalized spacial score (nSPS) is 22.3. The number of carbonyl (C=O) groups is 1. The summed E-state index contributed by atoms with van der Waals surface area (Å²) in [5, 5.41) is 0. The number of nitrogens with zero attached hydrogens (tertiary/aromatic N) is 4. The van der Waals surface area contributed by atoms with E-state index >= 15 is 0 Å². The highest BCUT2D eigenvalue weighted by Crippen LogP contribution is 2.49. The Morgan fingerprint density at radius 1 is 1.12 bits per heavy atom. The topological polar surface area (TPSA) is 67.8 Å². The first-order valence-corrected chi connectivity index (χ1v) is 12.4. The van der Waals surface area contributed by atoms with Gasteiger partial charge in [-0.3, -0.25) is 4.79 Å². The van der Waals surface area contributed by atoms with Crippen LogP contribution in [0.15, 0.2) is 30.6 Å². The van der Waals surface area contributed by atoms with Gasteiger partial charge in [0.1, 0.15) is 11.6 Å². The van der Waals surface area contributed by atoms with Gasteiger partial charge < -0.3 is 19.3 Å². The van der Waals surface area contributed by atoms with Crippen LogP contribution in [0.25, 0.3) is 0 Å². The molecule has 1 aliphatic carbocycles. The second-order valence-electron chi connectivity index (χ2n) is 9.71. The Morgan fingerprint density at radius 3 is 2.53 bits per heavy atom. The van der Waals surface area contributed by atoms with Crippen LogP contribution in [0.5, 0.6) is 11.5 Å². The molecule has 3 heterocycles. The van der Waals surface area contributed by atoms with Crippen LogP contribution in [0.2, 0.25) is 0 Å². The molecule has 2 saturated heterocycles. The summed E-state index contributed by atoms with van der Waals surface area (Å²) in [6.07, 6.45) is 9.21. The van der Waals surface area contributed by atoms with Crippen LogP contribution >= 0.6 is 0 Å². The van der Waals surface area contributed by atoms with Crippen molar-refractivity contribution in [2.45, 2.75) is 38.5 Å². The lowest BCUT2D eigenvalue weighted by atomic mass is 9.90. The van der Waals surface area contributed by atoms with Crippen LogP contribution in [0.4, 0.5) is 10.3 Å². The molecule has 3 fully saturated rings. The minimum atomic E-state index is -0.358. The van der Waals surface area contributed by atoms with Gasteiger partial charge in [0.2, 0.25) is 11.9 Å². The van der Waals surface area contributed by atoms with E-state index in [4.69, 9.17) is 9.47 Å². The van der Waals surface area contributed by atoms with E-state index in [1.165, 1.54) is 25.3 Å². The molecule has 7 nitrogen and oxygen atoms in total. The van der Waals surface area contributed by atoms with E-state index in [1.54, 1.807) is 36.5 Å². The fourth-order valence-electron chi connectivity index (χ4n) is 5.22. The molecule has 0 spiro atoms. The summed E-state index contributed by atoms with van der Waals surface area (Å²) in [7, 11) is 1.62. The van der Waals surface area contributed by atoms with E-state index in [1.807, 2.05) is 0 Å². The molecule has 0 radical (unpaired) electrons. The Kier molecular flexibility index (Phi) is 6.83. The molecule has 1 amide bonds. The molecule has 8 heteroatoms. The quantitative estimate of drug-likeness (QED) is 0.559. The second kappa shape index (κ2) is 10.2. The Labute approximate surface area is 200 Å². The highest BCUT2D eigenvalue weighted by molar-refractivity contribution is 5.79. The van der Waals surface area contributed by atoms with Crippen molar-refractivity contribution in [3.05, 3.63) is 42.0 Å². The number of hydrogen-bond acceptors (Lipinski definition) is 6. The van der Waals surface area contributed by atoms with Gasteiger partial charge in [-0.25, -0.2) is 14.4 Å². The molecule has 2 aliphatic heterocycles. The molecule has 1 aromatic heterocycles. The molecule has 34 heavy (non-hydrogen) atoms. The van der Waals surface area contributed by atoms with Crippen molar-refractivity contribution in [2.75, 3.05) is 44.8 Å². The zero-order chi connectivity index (χ0) is 23.5. The van der Waals surface area contributed by atoms with Crippen LogP contribution < -0.4 is 14.4 Å². The minimum absolute atomic E-state index is 0.000882. The number of rotatable bonds is 9. The number of aromatic nitrogens is 2. The zero-order valence-electron chi connectivity index (χ0n) is 19.8. The number of methoxy groups -OCH3 is 1. The zero-order valence-corrected chi connectivity index (χ0v) is 19.8. The Hall–Kier alpha value is -2.90. The van der Waals surface area contributed by atoms with E-state index in [9.17, 15) is 9.18 Å². The lowest BCUT2D eigenvalue weighted by Gasteiger charge is -2.32. The first-order chi connectivity index (χ1) is 16.6. The van der Waals surface area contributed by atoms with Gasteiger partial charge in [0.05, 0.1) is 32.5 Å². The summed E-state index contributed by atoms with van der Waals surface area (Å²) in [6, 6.07) is 4.88. The van der Waals surface area contributed by atoms with E-state index in [0.717, 1.165) is 56.8 Å². The Morgan fingerprint density at radius 2 is 1.88 bits per heavy atom. The molecular weight excluding hydrogens is 435 g/mol. The number of hydrogen-bond donors (Lipinski definition) is 0. The summed E-state index contributed by atoms with van der Waals surface area (Å²) in [5.74, 6) is 3.87. The average Bonchev–Trinajstić information content (AvgIpc) is 3.59. The first kappa shape index (κ1) is 22.9. The lowest BCUT2D eigenvalue weighted by Crippen LogP contribution is -2.42. The molecular formula is C26H33FN4O3. The maximum Gasteiger partial charge on any atom is 0.227 e. The molecule has 2 aromatic rings. The van der Waals surface area contributed by atoms with Crippen molar-refractivity contribution >= 4 is 11.9 Å². The van der Waals surface area contributed by atoms with E-state index < -0.39 is 0 Å². The number of likely N-dealkylation sites (tertiary alicyclic amines) is 1. The Balaban J connectivity index is 1.02. The number of carbonyl (C=O) groups excluding carboxylic acids is 1. The molecule has 1 aromatic carbocycles. The van der Waals surface area contributed by atoms with Gasteiger partial charge in [-0.05, 0) is 61.5 Å². The lowest BCUT2D eigenvalue weighted by molar-refractivity contribution is -0.133. The maximum atomic E-state index is 14.4. The molecule has 3 aliphatic rings. The van der Waals surface area contributed by atoms with Crippen LogP contribution in [-0.4, -0.2) is 60.7 Å². The number of anilines is 1. The molecule has 1 saturated carbocycles. The fourth-order valence-corrected chi connectivity index (χ4v) is 5.22. The second-order valence-corrected chi connectivity index (χ2v) is 9.71. The summed E-state index contributed by atoms with van der Waals surface area (Å²) in [6.45, 7) is 4.16. The van der Waals surface area contributed by atoms with Crippen LogP contribution in [0, 0.1) is 23.6 Å². The molecule has 2 atom stereocenters. The maximum absolute atomic E-state index is 14.4. The Bertz CT molecular complexity index is 990. The number of benzene rings is 1. The summed E-state index contributed by atoms with van der Waals surface area (Å²) < 4.78 is 25.4. The van der Waals surface area contributed by atoms with Crippen molar-refractivity contribution in [3.63, 3.8) is 0 Å². The van der Waals surface area contributed by atoms with E-state index in [2.05, 4.69) is 14.9 Å². The molecule has 182 valence electrons. The third kappa shape index (κ3) is 5.26. The first-order valence-electron chi connectivity index (χ1n) is 12.4. The molecule has 1 unspecified atom stereocenters. The van der Waals surface area contributed by atoms with Crippen molar-refractivity contribution in [3.8, 4) is 11.5 Å². The minimum Gasteiger partial charge on any atom is -0.494 e. The summed E-state index contributed by atoms with van der Waals surface area (Å²) in [5.41, 5.74) is 0.442. The smallest absolute Gasteiger partial charge is 0.227 e. The third-order valence-corrected chi connectivity index (χ3v) is 7.59. The largest absolute Gasteiger partial charge is 0.494 e. The van der Waals surface area contributed by atoms with Gasteiger partial charge in [-0.1, -0.05) is 6.07 Å². The van der Waals surface area contributed by atoms with Gasteiger partial charge in [-0.2, -0.15) is 0 Å². The van der Waals surface area contributed by atoms with Crippen LogP contribution in [-0.2, 0) is 11.2 Å². The van der Waals surface area contributed by atoms with E-state index in [0.29, 0.717) is 29.6 Å².